The third kappa shape index (κ3) is 5.33. The monoisotopic (exact) mass is 263 g/mol. The lowest BCUT2D eigenvalue weighted by molar-refractivity contribution is 0.0887. The molecular formula is C16H25NO2. The van der Waals surface area contributed by atoms with Crippen molar-refractivity contribution in [1.82, 2.24) is 4.90 Å². The standard InChI is InChI=1S/C16H25NO2/c1-4-11-17(16(18)19-12-5-2)14(3)13-15-9-7-6-8-10-15/h6-10,14H,4-5,11-13H2,1-3H3. The Kier molecular flexibility index (Phi) is 7.01. The second kappa shape index (κ2) is 8.57. The van der Waals surface area contributed by atoms with E-state index in [1.165, 1.54) is 5.56 Å². The molecule has 1 unspecified atom stereocenters. The number of carbonyl (C=O) groups is 1. The second-order valence-corrected chi connectivity index (χ2v) is 4.85. The van der Waals surface area contributed by atoms with Gasteiger partial charge < -0.3 is 9.64 Å². The number of rotatable bonds is 7. The van der Waals surface area contributed by atoms with Crippen molar-refractivity contribution in [1.29, 1.82) is 0 Å². The van der Waals surface area contributed by atoms with Crippen molar-refractivity contribution in [2.45, 2.75) is 46.1 Å². The van der Waals surface area contributed by atoms with Crippen LogP contribution in [0.2, 0.25) is 0 Å². The minimum atomic E-state index is -0.188. The van der Waals surface area contributed by atoms with E-state index in [0.29, 0.717) is 6.61 Å². The maximum atomic E-state index is 12.0. The largest absolute Gasteiger partial charge is 0.449 e. The zero-order chi connectivity index (χ0) is 14.1. The number of ether oxygens (including phenoxy) is 1. The van der Waals surface area contributed by atoms with Crippen molar-refractivity contribution < 1.29 is 9.53 Å². The average molecular weight is 263 g/mol. The van der Waals surface area contributed by atoms with Gasteiger partial charge in [-0.15, -0.1) is 0 Å². The van der Waals surface area contributed by atoms with Crippen LogP contribution in [0.25, 0.3) is 0 Å². The van der Waals surface area contributed by atoms with E-state index < -0.39 is 0 Å². The molecule has 0 saturated carbocycles. The van der Waals surface area contributed by atoms with Gasteiger partial charge in [0.25, 0.3) is 0 Å². The Balaban J connectivity index is 2.61. The molecule has 1 aromatic rings. The summed E-state index contributed by atoms with van der Waals surface area (Å²) in [5, 5.41) is 0. The van der Waals surface area contributed by atoms with Crippen molar-refractivity contribution in [3.8, 4) is 0 Å². The fraction of sp³-hybridized carbons (Fsp3) is 0.562. The smallest absolute Gasteiger partial charge is 0.410 e. The molecule has 1 rings (SSSR count). The minimum absolute atomic E-state index is 0.159. The molecule has 19 heavy (non-hydrogen) atoms. The summed E-state index contributed by atoms with van der Waals surface area (Å²) in [6.45, 7) is 7.41. The van der Waals surface area contributed by atoms with Crippen LogP contribution in [0.4, 0.5) is 4.79 Å². The third-order valence-electron chi connectivity index (χ3n) is 3.03. The molecule has 1 atom stereocenters. The van der Waals surface area contributed by atoms with Crippen LogP contribution in [0.5, 0.6) is 0 Å². The number of carbonyl (C=O) groups excluding carboxylic acids is 1. The van der Waals surface area contributed by atoms with Crippen LogP contribution < -0.4 is 0 Å². The number of hydrogen-bond donors (Lipinski definition) is 0. The van der Waals surface area contributed by atoms with Crippen LogP contribution in [-0.4, -0.2) is 30.2 Å². The predicted molar refractivity (Wildman–Crippen MR) is 78.2 cm³/mol. The first kappa shape index (κ1) is 15.5. The van der Waals surface area contributed by atoms with Crippen LogP contribution in [0.3, 0.4) is 0 Å². The zero-order valence-corrected chi connectivity index (χ0v) is 12.3. The van der Waals surface area contributed by atoms with Crippen molar-refractivity contribution in [2.24, 2.45) is 0 Å². The quantitative estimate of drug-likeness (QED) is 0.747. The summed E-state index contributed by atoms with van der Waals surface area (Å²) in [5.41, 5.74) is 1.25. The molecule has 3 nitrogen and oxygen atoms in total. The van der Waals surface area contributed by atoms with Gasteiger partial charge in [-0.2, -0.15) is 0 Å². The molecule has 0 spiro atoms. The number of hydrogen-bond acceptors (Lipinski definition) is 2. The number of benzene rings is 1. The molecule has 1 aromatic carbocycles. The van der Waals surface area contributed by atoms with E-state index in [-0.39, 0.29) is 12.1 Å². The maximum absolute atomic E-state index is 12.0. The Hall–Kier alpha value is -1.51. The highest BCUT2D eigenvalue weighted by molar-refractivity contribution is 5.68. The van der Waals surface area contributed by atoms with E-state index in [9.17, 15) is 4.79 Å². The predicted octanol–water partition coefficient (Wildman–Crippen LogP) is 3.88. The minimum Gasteiger partial charge on any atom is -0.449 e. The fourth-order valence-electron chi connectivity index (χ4n) is 2.07. The average Bonchev–Trinajstić information content (AvgIpc) is 2.43. The van der Waals surface area contributed by atoms with Gasteiger partial charge in [-0.05, 0) is 31.7 Å². The molecule has 0 aromatic heterocycles. The van der Waals surface area contributed by atoms with Crippen LogP contribution in [0.1, 0.15) is 39.2 Å². The topological polar surface area (TPSA) is 29.5 Å². The van der Waals surface area contributed by atoms with Gasteiger partial charge in [-0.25, -0.2) is 4.79 Å². The Morgan fingerprint density at radius 3 is 2.47 bits per heavy atom. The van der Waals surface area contributed by atoms with Crippen molar-refractivity contribution in [3.63, 3.8) is 0 Å². The SMILES string of the molecule is CCCOC(=O)N(CCC)C(C)Cc1ccccc1. The molecule has 0 bridgehead atoms. The van der Waals surface area contributed by atoms with Gasteiger partial charge in [0.15, 0.2) is 0 Å². The van der Waals surface area contributed by atoms with Gasteiger partial charge >= 0.3 is 6.09 Å². The summed E-state index contributed by atoms with van der Waals surface area (Å²) in [7, 11) is 0. The van der Waals surface area contributed by atoms with Crippen molar-refractivity contribution >= 4 is 6.09 Å². The van der Waals surface area contributed by atoms with Crippen molar-refractivity contribution in [3.05, 3.63) is 35.9 Å². The van der Waals surface area contributed by atoms with Gasteiger partial charge in [0.2, 0.25) is 0 Å². The summed E-state index contributed by atoms with van der Waals surface area (Å²) in [6, 6.07) is 10.4. The number of amides is 1. The summed E-state index contributed by atoms with van der Waals surface area (Å²) >= 11 is 0. The lowest BCUT2D eigenvalue weighted by atomic mass is 10.1. The molecule has 0 fully saturated rings. The zero-order valence-electron chi connectivity index (χ0n) is 12.3. The van der Waals surface area contributed by atoms with Crippen LogP contribution in [0, 0.1) is 0 Å². The molecule has 0 heterocycles. The second-order valence-electron chi connectivity index (χ2n) is 4.85. The Morgan fingerprint density at radius 2 is 1.89 bits per heavy atom. The summed E-state index contributed by atoms with van der Waals surface area (Å²) in [6.07, 6.45) is 2.48. The first-order valence-corrected chi connectivity index (χ1v) is 7.16. The van der Waals surface area contributed by atoms with Gasteiger partial charge in [0.1, 0.15) is 0 Å². The molecular weight excluding hydrogens is 238 g/mol. The third-order valence-corrected chi connectivity index (χ3v) is 3.03. The molecule has 1 amide bonds. The molecule has 0 aliphatic carbocycles. The van der Waals surface area contributed by atoms with Gasteiger partial charge in [-0.3, -0.25) is 0 Å². The normalized spacial score (nSPS) is 11.9. The first-order valence-electron chi connectivity index (χ1n) is 7.16. The molecule has 0 N–H and O–H groups in total. The first-order chi connectivity index (χ1) is 9.19. The van der Waals surface area contributed by atoms with Gasteiger partial charge in [0.05, 0.1) is 6.61 Å². The van der Waals surface area contributed by atoms with Crippen molar-refractivity contribution in [2.75, 3.05) is 13.2 Å². The Morgan fingerprint density at radius 1 is 1.21 bits per heavy atom. The van der Waals surface area contributed by atoms with E-state index in [2.05, 4.69) is 26.0 Å². The van der Waals surface area contributed by atoms with E-state index in [0.717, 1.165) is 25.8 Å². The summed E-state index contributed by atoms with van der Waals surface area (Å²) in [4.78, 5) is 13.9. The molecule has 0 aliphatic rings. The highest BCUT2D eigenvalue weighted by atomic mass is 16.6. The summed E-state index contributed by atoms with van der Waals surface area (Å²) in [5.74, 6) is 0. The molecule has 3 heteroatoms. The lowest BCUT2D eigenvalue weighted by Crippen LogP contribution is -2.40. The highest BCUT2D eigenvalue weighted by Crippen LogP contribution is 2.11. The lowest BCUT2D eigenvalue weighted by Gasteiger charge is -2.28. The van der Waals surface area contributed by atoms with E-state index in [4.69, 9.17) is 4.74 Å². The van der Waals surface area contributed by atoms with E-state index >= 15 is 0 Å². The van der Waals surface area contributed by atoms with E-state index in [1.807, 2.05) is 30.0 Å². The van der Waals surface area contributed by atoms with E-state index in [1.54, 1.807) is 0 Å². The summed E-state index contributed by atoms with van der Waals surface area (Å²) < 4.78 is 5.25. The fourth-order valence-corrected chi connectivity index (χ4v) is 2.07. The molecule has 0 aliphatic heterocycles. The maximum Gasteiger partial charge on any atom is 0.410 e. The van der Waals surface area contributed by atoms with Crippen LogP contribution in [-0.2, 0) is 11.2 Å². The molecule has 0 radical (unpaired) electrons. The number of nitrogens with zero attached hydrogens (tertiary/aromatic N) is 1. The highest BCUT2D eigenvalue weighted by Gasteiger charge is 2.20. The Bertz CT molecular complexity index is 364. The molecule has 0 saturated heterocycles. The van der Waals surface area contributed by atoms with Gasteiger partial charge in [-0.1, -0.05) is 44.2 Å². The van der Waals surface area contributed by atoms with Crippen LogP contribution in [0.15, 0.2) is 30.3 Å². The van der Waals surface area contributed by atoms with Gasteiger partial charge in [0, 0.05) is 12.6 Å². The molecule has 106 valence electrons. The Labute approximate surface area is 116 Å². The van der Waals surface area contributed by atoms with Crippen LogP contribution >= 0.6 is 0 Å².